The molecule has 0 radical (unpaired) electrons. The number of hydrogen-bond donors (Lipinski definition) is 0. The molecule has 2 atom stereocenters. The van der Waals surface area contributed by atoms with Gasteiger partial charge in [0.25, 0.3) is 10.0 Å². The van der Waals surface area contributed by atoms with E-state index in [1.165, 1.54) is 23.4 Å². The van der Waals surface area contributed by atoms with Crippen LogP contribution in [0.2, 0.25) is 0 Å². The predicted molar refractivity (Wildman–Crippen MR) is 96.7 cm³/mol. The van der Waals surface area contributed by atoms with Gasteiger partial charge in [0.15, 0.2) is 0 Å². The standard InChI is InChI=1S/C18H19F2NO4S2/c1-12(15-7-6-14(19)10-16(15)20)25-18(22)13-4-2-8-21(11-13)27(23,24)17-5-3-9-26-17/h3,5-7,9-10,12-13H,2,4,8,11H2,1H3. The topological polar surface area (TPSA) is 63.7 Å². The Labute approximate surface area is 160 Å². The van der Waals surface area contributed by atoms with Crippen LogP contribution in [0.1, 0.15) is 31.4 Å². The molecular formula is C18H19F2NO4S2. The molecule has 0 aliphatic carbocycles. The maximum absolute atomic E-state index is 13.9. The monoisotopic (exact) mass is 415 g/mol. The van der Waals surface area contributed by atoms with E-state index in [4.69, 9.17) is 4.74 Å². The average Bonchev–Trinajstić information content (AvgIpc) is 3.17. The number of carbonyl (C=O) groups excluding carboxylic acids is 1. The Morgan fingerprint density at radius 1 is 1.33 bits per heavy atom. The van der Waals surface area contributed by atoms with Crippen molar-refractivity contribution in [1.29, 1.82) is 0 Å². The van der Waals surface area contributed by atoms with Crippen LogP contribution >= 0.6 is 11.3 Å². The van der Waals surface area contributed by atoms with Gasteiger partial charge in [-0.2, -0.15) is 4.31 Å². The molecule has 1 aliphatic heterocycles. The van der Waals surface area contributed by atoms with Gasteiger partial charge in [0.1, 0.15) is 21.9 Å². The highest BCUT2D eigenvalue weighted by atomic mass is 32.2. The summed E-state index contributed by atoms with van der Waals surface area (Å²) in [6.45, 7) is 1.86. The zero-order valence-corrected chi connectivity index (χ0v) is 16.2. The second kappa shape index (κ2) is 8.04. The van der Waals surface area contributed by atoms with E-state index in [9.17, 15) is 22.0 Å². The van der Waals surface area contributed by atoms with Gasteiger partial charge < -0.3 is 4.74 Å². The van der Waals surface area contributed by atoms with E-state index in [0.29, 0.717) is 19.4 Å². The summed E-state index contributed by atoms with van der Waals surface area (Å²) in [7, 11) is -3.63. The van der Waals surface area contributed by atoms with Crippen molar-refractivity contribution >= 4 is 27.3 Å². The van der Waals surface area contributed by atoms with Crippen molar-refractivity contribution in [1.82, 2.24) is 4.31 Å². The minimum Gasteiger partial charge on any atom is -0.457 e. The Morgan fingerprint density at radius 2 is 2.11 bits per heavy atom. The molecule has 1 saturated heterocycles. The number of carbonyl (C=O) groups is 1. The van der Waals surface area contributed by atoms with E-state index in [1.54, 1.807) is 11.4 Å². The SMILES string of the molecule is CC(OC(=O)C1CCCN(S(=O)(=O)c2cccs2)C1)c1ccc(F)cc1F. The van der Waals surface area contributed by atoms with Crippen LogP contribution in [0.4, 0.5) is 8.78 Å². The summed E-state index contributed by atoms with van der Waals surface area (Å²) in [6.07, 6.45) is 0.125. The number of halogens is 2. The van der Waals surface area contributed by atoms with Crippen LogP contribution in [0, 0.1) is 17.6 Å². The smallest absolute Gasteiger partial charge is 0.310 e. The van der Waals surface area contributed by atoms with E-state index in [0.717, 1.165) is 23.5 Å². The van der Waals surface area contributed by atoms with Gasteiger partial charge in [-0.25, -0.2) is 17.2 Å². The fraction of sp³-hybridized carbons (Fsp3) is 0.389. The number of nitrogens with zero attached hydrogens (tertiary/aromatic N) is 1. The van der Waals surface area contributed by atoms with Gasteiger partial charge >= 0.3 is 5.97 Å². The molecule has 2 heterocycles. The Balaban J connectivity index is 1.68. The first-order chi connectivity index (χ1) is 12.8. The molecule has 0 bridgehead atoms. The summed E-state index contributed by atoms with van der Waals surface area (Å²) >= 11 is 1.13. The summed E-state index contributed by atoms with van der Waals surface area (Å²) in [5, 5.41) is 1.68. The Morgan fingerprint density at radius 3 is 2.78 bits per heavy atom. The van der Waals surface area contributed by atoms with Crippen molar-refractivity contribution in [3.05, 3.63) is 52.9 Å². The maximum atomic E-state index is 13.9. The number of esters is 1. The van der Waals surface area contributed by atoms with Gasteiger partial charge in [0, 0.05) is 24.7 Å². The lowest BCUT2D eigenvalue weighted by atomic mass is 10.00. The quantitative estimate of drug-likeness (QED) is 0.698. The molecule has 146 valence electrons. The van der Waals surface area contributed by atoms with E-state index < -0.39 is 39.6 Å². The second-order valence-electron chi connectivity index (χ2n) is 6.38. The fourth-order valence-electron chi connectivity index (χ4n) is 3.06. The molecule has 3 rings (SSSR count). The molecule has 1 aliphatic rings. The molecule has 9 heteroatoms. The lowest BCUT2D eigenvalue weighted by Gasteiger charge is -2.31. The van der Waals surface area contributed by atoms with Gasteiger partial charge in [-0.3, -0.25) is 4.79 Å². The zero-order chi connectivity index (χ0) is 19.6. The molecule has 1 aromatic heterocycles. The summed E-state index contributed by atoms with van der Waals surface area (Å²) < 4.78 is 59.0. The van der Waals surface area contributed by atoms with Crippen LogP contribution in [0.3, 0.4) is 0 Å². The molecule has 27 heavy (non-hydrogen) atoms. The highest BCUT2D eigenvalue weighted by Gasteiger charge is 2.35. The number of thiophene rings is 1. The Kier molecular flexibility index (Phi) is 5.92. The minimum absolute atomic E-state index is 0.0255. The predicted octanol–water partition coefficient (Wildman–Crippen LogP) is 3.73. The molecule has 0 amide bonds. The van der Waals surface area contributed by atoms with Crippen LogP contribution in [-0.4, -0.2) is 31.8 Å². The maximum Gasteiger partial charge on any atom is 0.310 e. The van der Waals surface area contributed by atoms with Gasteiger partial charge in [-0.1, -0.05) is 6.07 Å². The van der Waals surface area contributed by atoms with Crippen LogP contribution in [0.25, 0.3) is 0 Å². The third kappa shape index (κ3) is 4.36. The molecule has 0 spiro atoms. The van der Waals surface area contributed by atoms with Gasteiger partial charge in [-0.15, -0.1) is 11.3 Å². The molecule has 1 fully saturated rings. The number of hydrogen-bond acceptors (Lipinski definition) is 5. The Bertz CT molecular complexity index is 915. The van der Waals surface area contributed by atoms with Crippen LogP contribution in [0.15, 0.2) is 39.9 Å². The van der Waals surface area contributed by atoms with Crippen LogP contribution in [-0.2, 0) is 19.6 Å². The third-order valence-electron chi connectivity index (χ3n) is 4.50. The first kappa shape index (κ1) is 19.9. The fourth-order valence-corrected chi connectivity index (χ4v) is 5.72. The van der Waals surface area contributed by atoms with Crippen molar-refractivity contribution < 1.29 is 26.7 Å². The van der Waals surface area contributed by atoms with E-state index >= 15 is 0 Å². The van der Waals surface area contributed by atoms with Crippen LogP contribution in [0.5, 0.6) is 0 Å². The number of ether oxygens (including phenoxy) is 1. The van der Waals surface area contributed by atoms with Gasteiger partial charge in [0.05, 0.1) is 5.92 Å². The number of benzene rings is 1. The first-order valence-corrected chi connectivity index (χ1v) is 10.8. The van der Waals surface area contributed by atoms with Crippen molar-refractivity contribution in [2.45, 2.75) is 30.1 Å². The molecular weight excluding hydrogens is 396 g/mol. The number of rotatable bonds is 5. The number of sulfonamides is 1. The molecule has 5 nitrogen and oxygen atoms in total. The summed E-state index contributed by atoms with van der Waals surface area (Å²) in [6, 6.07) is 6.25. The van der Waals surface area contributed by atoms with E-state index in [1.807, 2.05) is 0 Å². The minimum atomic E-state index is -3.63. The lowest BCUT2D eigenvalue weighted by molar-refractivity contribution is -0.155. The second-order valence-corrected chi connectivity index (χ2v) is 9.49. The molecule has 0 N–H and O–H groups in total. The highest BCUT2D eigenvalue weighted by Crippen LogP contribution is 2.29. The Hall–Kier alpha value is -1.84. The first-order valence-electron chi connectivity index (χ1n) is 8.48. The van der Waals surface area contributed by atoms with E-state index in [-0.39, 0.29) is 16.3 Å². The average molecular weight is 415 g/mol. The highest BCUT2D eigenvalue weighted by molar-refractivity contribution is 7.91. The van der Waals surface area contributed by atoms with Crippen molar-refractivity contribution in [3.8, 4) is 0 Å². The van der Waals surface area contributed by atoms with Crippen molar-refractivity contribution in [2.24, 2.45) is 5.92 Å². The van der Waals surface area contributed by atoms with Crippen molar-refractivity contribution in [2.75, 3.05) is 13.1 Å². The van der Waals surface area contributed by atoms with Gasteiger partial charge in [-0.05, 0) is 43.3 Å². The summed E-state index contributed by atoms with van der Waals surface area (Å²) in [5.41, 5.74) is 0.0728. The van der Waals surface area contributed by atoms with Gasteiger partial charge in [0.2, 0.25) is 0 Å². The summed E-state index contributed by atoms with van der Waals surface area (Å²) in [5.74, 6) is -2.71. The number of piperidine rings is 1. The largest absolute Gasteiger partial charge is 0.457 e. The molecule has 2 aromatic rings. The lowest BCUT2D eigenvalue weighted by Crippen LogP contribution is -2.42. The van der Waals surface area contributed by atoms with E-state index in [2.05, 4.69) is 0 Å². The third-order valence-corrected chi connectivity index (χ3v) is 7.74. The normalized spacial score (nSPS) is 19.6. The molecule has 0 saturated carbocycles. The van der Waals surface area contributed by atoms with Crippen LogP contribution < -0.4 is 0 Å². The molecule has 1 aromatic carbocycles. The zero-order valence-electron chi connectivity index (χ0n) is 14.6. The summed E-state index contributed by atoms with van der Waals surface area (Å²) in [4.78, 5) is 12.5. The van der Waals surface area contributed by atoms with Crippen molar-refractivity contribution in [3.63, 3.8) is 0 Å². The molecule has 2 unspecified atom stereocenters.